The van der Waals surface area contributed by atoms with E-state index in [1.54, 1.807) is 0 Å². The molecule has 0 spiro atoms. The third-order valence-electron chi connectivity index (χ3n) is 4.04. The van der Waals surface area contributed by atoms with Gasteiger partial charge in [-0.15, -0.1) is 0 Å². The molecule has 0 radical (unpaired) electrons. The zero-order valence-electron chi connectivity index (χ0n) is 13.3. The van der Waals surface area contributed by atoms with Gasteiger partial charge in [0.1, 0.15) is 0 Å². The fraction of sp³-hybridized carbons (Fsp3) is 1.00. The molecule has 0 aliphatic heterocycles. The lowest BCUT2D eigenvalue weighted by Gasteiger charge is -2.52. The molecule has 1 aliphatic rings. The maximum atomic E-state index is 14.2. The minimum atomic E-state index is -7.22. The van der Waals surface area contributed by atoms with E-state index in [9.17, 15) is 56.7 Å². The second-order valence-electron chi connectivity index (χ2n) is 6.01. The van der Waals surface area contributed by atoms with Crippen molar-refractivity contribution in [3.8, 4) is 0 Å². The fourth-order valence-electron chi connectivity index (χ4n) is 2.46. The van der Waals surface area contributed by atoms with Crippen LogP contribution in [0.15, 0.2) is 0 Å². The molecule has 15 heteroatoms. The molecule has 0 bridgehead atoms. The van der Waals surface area contributed by atoms with Crippen LogP contribution in [0.25, 0.3) is 0 Å². The van der Waals surface area contributed by atoms with Crippen LogP contribution in [0.5, 0.6) is 0 Å². The van der Waals surface area contributed by atoms with Gasteiger partial charge in [0.15, 0.2) is 0 Å². The normalized spacial score (nSPS) is 27.3. The van der Waals surface area contributed by atoms with E-state index in [-0.39, 0.29) is 6.42 Å². The van der Waals surface area contributed by atoms with E-state index >= 15 is 0 Å². The van der Waals surface area contributed by atoms with E-state index in [0.29, 0.717) is 6.26 Å². The van der Waals surface area contributed by atoms with Crippen LogP contribution in [-0.4, -0.2) is 56.6 Å². The molecule has 0 aromatic heterocycles. The number of alkyl halides is 11. The highest BCUT2D eigenvalue weighted by Gasteiger charge is 3.00. The van der Waals surface area contributed by atoms with Crippen molar-refractivity contribution >= 4 is 10.1 Å². The summed E-state index contributed by atoms with van der Waals surface area (Å²) in [6, 6.07) is 0. The Hall–Kier alpha value is -0.860. The largest absolute Gasteiger partial charge is 0.384 e. The number of hydrogen-bond acceptors (Lipinski definition) is 3. The van der Waals surface area contributed by atoms with Crippen molar-refractivity contribution in [1.29, 1.82) is 0 Å². The maximum absolute atomic E-state index is 14.2. The van der Waals surface area contributed by atoms with Crippen molar-refractivity contribution in [2.75, 3.05) is 12.9 Å². The summed E-state index contributed by atoms with van der Waals surface area (Å²) in [5.41, 5.74) is -5.98. The Kier molecular flexibility index (Phi) is 5.90. The van der Waals surface area contributed by atoms with Gasteiger partial charge >= 0.3 is 29.6 Å². The molecular weight excluding hydrogens is 433 g/mol. The summed E-state index contributed by atoms with van der Waals surface area (Å²) in [7, 11) is -3.92. The quantitative estimate of drug-likeness (QED) is 0.331. The summed E-state index contributed by atoms with van der Waals surface area (Å²) < 4.78 is 173. The van der Waals surface area contributed by atoms with Crippen molar-refractivity contribution in [3.05, 3.63) is 0 Å². The summed E-state index contributed by atoms with van der Waals surface area (Å²) >= 11 is 0. The first-order valence-electron chi connectivity index (χ1n) is 7.13. The van der Waals surface area contributed by atoms with Gasteiger partial charge in [0, 0.05) is 0 Å². The van der Waals surface area contributed by atoms with Crippen LogP contribution in [0.1, 0.15) is 25.7 Å². The van der Waals surface area contributed by atoms with Crippen molar-refractivity contribution < 1.29 is 60.9 Å². The van der Waals surface area contributed by atoms with Crippen molar-refractivity contribution in [3.63, 3.8) is 0 Å². The van der Waals surface area contributed by atoms with E-state index in [4.69, 9.17) is 0 Å². The van der Waals surface area contributed by atoms with Gasteiger partial charge in [0.25, 0.3) is 10.1 Å². The standard InChI is InChI=1S/C12H13F11O3S/c1-27(24,25)26-6-4-2-3-5-7(13)8(14,15)10(18,19)12(22,23)11(20,21)9(7,16)17/h2-6H2,1H3. The summed E-state index contributed by atoms with van der Waals surface area (Å²) in [5.74, 6) is -35.1. The van der Waals surface area contributed by atoms with Crippen LogP contribution in [0.3, 0.4) is 0 Å². The molecule has 0 heterocycles. The number of unbranched alkanes of at least 4 members (excludes halogenated alkanes) is 2. The predicted octanol–water partition coefficient (Wildman–Crippen LogP) is 4.42. The molecule has 0 saturated heterocycles. The first-order chi connectivity index (χ1) is 11.7. The Morgan fingerprint density at radius 3 is 1.37 bits per heavy atom. The highest BCUT2D eigenvalue weighted by atomic mass is 32.2. The fourth-order valence-corrected chi connectivity index (χ4v) is 2.88. The molecule has 0 N–H and O–H groups in total. The lowest BCUT2D eigenvalue weighted by molar-refractivity contribution is -0.485. The molecule has 0 aromatic carbocycles. The zero-order chi connectivity index (χ0) is 21.7. The SMILES string of the molecule is CS(=O)(=O)OCCCCCC1(F)C(F)(F)C(F)(F)C(F)(F)C(F)(F)C1(F)F. The van der Waals surface area contributed by atoms with Crippen LogP contribution in [0, 0.1) is 0 Å². The Morgan fingerprint density at radius 2 is 1.00 bits per heavy atom. The molecule has 3 nitrogen and oxygen atoms in total. The van der Waals surface area contributed by atoms with E-state index in [1.807, 2.05) is 0 Å². The second-order valence-corrected chi connectivity index (χ2v) is 7.65. The van der Waals surface area contributed by atoms with E-state index in [0.717, 1.165) is 0 Å². The van der Waals surface area contributed by atoms with Gasteiger partial charge in [-0.1, -0.05) is 6.42 Å². The molecule has 1 saturated carbocycles. The van der Waals surface area contributed by atoms with Crippen LogP contribution >= 0.6 is 0 Å². The Bertz CT molecular complexity index is 630. The average molecular weight is 446 g/mol. The van der Waals surface area contributed by atoms with Crippen LogP contribution in [-0.2, 0) is 14.3 Å². The second kappa shape index (κ2) is 6.59. The first-order valence-corrected chi connectivity index (χ1v) is 8.95. The molecule has 1 fully saturated rings. The smallest absolute Gasteiger partial charge is 0.270 e. The molecule has 27 heavy (non-hydrogen) atoms. The summed E-state index contributed by atoms with van der Waals surface area (Å²) in [5, 5.41) is 0. The topological polar surface area (TPSA) is 43.4 Å². The molecule has 0 atom stereocenters. The lowest BCUT2D eigenvalue weighted by Crippen LogP contribution is -2.83. The monoisotopic (exact) mass is 446 g/mol. The average Bonchev–Trinajstić information content (AvgIpc) is 2.47. The molecule has 0 unspecified atom stereocenters. The third-order valence-corrected chi connectivity index (χ3v) is 4.63. The van der Waals surface area contributed by atoms with Crippen molar-refractivity contribution in [1.82, 2.24) is 0 Å². The summed E-state index contributed by atoms with van der Waals surface area (Å²) in [6.45, 7) is -0.616. The Labute approximate surface area is 146 Å². The van der Waals surface area contributed by atoms with Gasteiger partial charge in [-0.3, -0.25) is 4.18 Å². The maximum Gasteiger partial charge on any atom is 0.384 e. The number of rotatable bonds is 7. The summed E-state index contributed by atoms with van der Waals surface area (Å²) in [4.78, 5) is 0. The van der Waals surface area contributed by atoms with Crippen molar-refractivity contribution in [2.45, 2.75) is 61.0 Å². The zero-order valence-corrected chi connectivity index (χ0v) is 14.1. The molecule has 0 aromatic rings. The van der Waals surface area contributed by atoms with Gasteiger partial charge in [-0.05, 0) is 19.3 Å². The van der Waals surface area contributed by atoms with E-state index < -0.39 is 71.3 Å². The van der Waals surface area contributed by atoms with Crippen LogP contribution < -0.4 is 0 Å². The highest BCUT2D eigenvalue weighted by Crippen LogP contribution is 2.70. The van der Waals surface area contributed by atoms with Gasteiger partial charge in [-0.2, -0.15) is 52.3 Å². The minimum Gasteiger partial charge on any atom is -0.270 e. The molecule has 162 valence electrons. The number of hydrogen-bond donors (Lipinski definition) is 0. The molecule has 1 rings (SSSR count). The van der Waals surface area contributed by atoms with Crippen molar-refractivity contribution in [2.24, 2.45) is 0 Å². The first kappa shape index (κ1) is 24.2. The van der Waals surface area contributed by atoms with Gasteiger partial charge in [0.2, 0.25) is 5.67 Å². The predicted molar refractivity (Wildman–Crippen MR) is 67.8 cm³/mol. The van der Waals surface area contributed by atoms with Crippen LogP contribution in [0.2, 0.25) is 0 Å². The molecule has 0 amide bonds. The van der Waals surface area contributed by atoms with E-state index in [2.05, 4.69) is 4.18 Å². The summed E-state index contributed by atoms with van der Waals surface area (Å²) in [6.07, 6.45) is -3.80. The van der Waals surface area contributed by atoms with Gasteiger partial charge in [0.05, 0.1) is 12.9 Å². The lowest BCUT2D eigenvalue weighted by atomic mass is 9.70. The third kappa shape index (κ3) is 3.27. The molecular formula is C12H13F11O3S. The highest BCUT2D eigenvalue weighted by molar-refractivity contribution is 7.85. The number of halogens is 11. The Balaban J connectivity index is 3.08. The minimum absolute atomic E-state index is 0.386. The van der Waals surface area contributed by atoms with Gasteiger partial charge in [-0.25, -0.2) is 4.39 Å². The Morgan fingerprint density at radius 1 is 0.630 bits per heavy atom. The van der Waals surface area contributed by atoms with Crippen LogP contribution in [0.4, 0.5) is 48.3 Å². The van der Waals surface area contributed by atoms with Gasteiger partial charge < -0.3 is 0 Å². The molecule has 1 aliphatic carbocycles. The van der Waals surface area contributed by atoms with E-state index in [1.165, 1.54) is 0 Å².